The SMILES string of the molecule is CC[Si](CC)(CC)OCc1cc(Br)c(OCOC)c(OCOC)c1. The fourth-order valence-corrected chi connectivity index (χ4v) is 5.67. The summed E-state index contributed by atoms with van der Waals surface area (Å²) < 4.78 is 28.4. The maximum atomic E-state index is 6.36. The first kappa shape index (κ1) is 21.4. The molecule has 0 fully saturated rings. The van der Waals surface area contributed by atoms with Crippen LogP contribution in [0.25, 0.3) is 0 Å². The van der Waals surface area contributed by atoms with Crippen LogP contribution in [-0.4, -0.2) is 36.1 Å². The van der Waals surface area contributed by atoms with Crippen molar-refractivity contribution in [1.82, 2.24) is 0 Å². The Labute approximate surface area is 154 Å². The van der Waals surface area contributed by atoms with Crippen molar-refractivity contribution in [3.63, 3.8) is 0 Å². The Bertz CT molecular complexity index is 486. The third-order valence-electron chi connectivity index (χ3n) is 4.20. The largest absolute Gasteiger partial charge is 0.464 e. The Morgan fingerprint density at radius 3 is 2.04 bits per heavy atom. The summed E-state index contributed by atoms with van der Waals surface area (Å²) in [5.74, 6) is 1.21. The molecule has 138 valence electrons. The van der Waals surface area contributed by atoms with E-state index in [0.29, 0.717) is 18.1 Å². The lowest BCUT2D eigenvalue weighted by Crippen LogP contribution is -2.35. The van der Waals surface area contributed by atoms with E-state index in [4.69, 9.17) is 23.4 Å². The number of ether oxygens (including phenoxy) is 4. The van der Waals surface area contributed by atoms with E-state index in [-0.39, 0.29) is 13.6 Å². The van der Waals surface area contributed by atoms with Gasteiger partial charge in [0, 0.05) is 14.2 Å². The van der Waals surface area contributed by atoms with Crippen molar-refractivity contribution in [3.05, 3.63) is 22.2 Å². The topological polar surface area (TPSA) is 46.2 Å². The van der Waals surface area contributed by atoms with Gasteiger partial charge in [-0.1, -0.05) is 20.8 Å². The van der Waals surface area contributed by atoms with Gasteiger partial charge in [0.25, 0.3) is 0 Å². The summed E-state index contributed by atoms with van der Waals surface area (Å²) in [5, 5.41) is 0. The first-order valence-electron chi connectivity index (χ1n) is 8.25. The zero-order valence-corrected chi connectivity index (χ0v) is 17.9. The Kier molecular flexibility index (Phi) is 9.91. The molecule has 0 saturated heterocycles. The summed E-state index contributed by atoms with van der Waals surface area (Å²) >= 11 is 3.55. The zero-order chi connectivity index (χ0) is 18.0. The maximum Gasteiger partial charge on any atom is 0.192 e. The highest BCUT2D eigenvalue weighted by Crippen LogP contribution is 2.37. The summed E-state index contributed by atoms with van der Waals surface area (Å²) in [4.78, 5) is 0. The summed E-state index contributed by atoms with van der Waals surface area (Å²) in [6.07, 6.45) is 0. The van der Waals surface area contributed by atoms with Crippen molar-refractivity contribution in [3.8, 4) is 11.5 Å². The molecule has 0 unspecified atom stereocenters. The first-order valence-corrected chi connectivity index (χ1v) is 11.6. The number of rotatable bonds is 12. The standard InChI is InChI=1S/C17H29BrO5Si/c1-6-24(7-2,8-3)23-11-14-9-15(18)17(22-13-20-5)16(10-14)21-12-19-4/h9-10H,6-8,11-13H2,1-5H3. The van der Waals surface area contributed by atoms with Crippen molar-refractivity contribution in [2.75, 3.05) is 27.8 Å². The van der Waals surface area contributed by atoms with Crippen LogP contribution in [0.2, 0.25) is 18.1 Å². The van der Waals surface area contributed by atoms with Crippen LogP contribution in [0.3, 0.4) is 0 Å². The van der Waals surface area contributed by atoms with Crippen LogP contribution in [0.4, 0.5) is 0 Å². The van der Waals surface area contributed by atoms with Gasteiger partial charge in [-0.2, -0.15) is 0 Å². The van der Waals surface area contributed by atoms with Crippen LogP contribution in [0.15, 0.2) is 16.6 Å². The third-order valence-corrected chi connectivity index (χ3v) is 9.41. The van der Waals surface area contributed by atoms with E-state index in [9.17, 15) is 0 Å². The molecule has 0 saturated carbocycles. The fourth-order valence-electron chi connectivity index (χ4n) is 2.49. The van der Waals surface area contributed by atoms with E-state index < -0.39 is 8.32 Å². The van der Waals surface area contributed by atoms with E-state index in [0.717, 1.165) is 28.2 Å². The molecule has 1 aromatic carbocycles. The molecule has 0 aliphatic rings. The number of hydrogen-bond donors (Lipinski definition) is 0. The first-order chi connectivity index (χ1) is 11.6. The number of hydrogen-bond acceptors (Lipinski definition) is 5. The monoisotopic (exact) mass is 420 g/mol. The lowest BCUT2D eigenvalue weighted by Gasteiger charge is -2.28. The molecule has 0 heterocycles. The van der Waals surface area contributed by atoms with Crippen LogP contribution in [0, 0.1) is 0 Å². The molecule has 1 aromatic rings. The van der Waals surface area contributed by atoms with Crippen molar-refractivity contribution >= 4 is 24.2 Å². The molecule has 0 bridgehead atoms. The van der Waals surface area contributed by atoms with Crippen LogP contribution in [0.1, 0.15) is 26.3 Å². The Morgan fingerprint density at radius 2 is 1.50 bits per heavy atom. The minimum atomic E-state index is -1.63. The molecule has 1 rings (SSSR count). The van der Waals surface area contributed by atoms with Gasteiger partial charge in [-0.3, -0.25) is 0 Å². The minimum absolute atomic E-state index is 0.148. The van der Waals surface area contributed by atoms with Gasteiger partial charge in [0.1, 0.15) is 0 Å². The van der Waals surface area contributed by atoms with Crippen molar-refractivity contribution in [2.24, 2.45) is 0 Å². The van der Waals surface area contributed by atoms with Crippen molar-refractivity contribution in [2.45, 2.75) is 45.5 Å². The molecule has 7 heteroatoms. The highest BCUT2D eigenvalue weighted by molar-refractivity contribution is 9.10. The zero-order valence-electron chi connectivity index (χ0n) is 15.3. The molecule has 5 nitrogen and oxygen atoms in total. The lowest BCUT2D eigenvalue weighted by molar-refractivity contribution is 0.0317. The highest BCUT2D eigenvalue weighted by Gasteiger charge is 2.28. The van der Waals surface area contributed by atoms with E-state index in [2.05, 4.69) is 36.7 Å². The molecular weight excluding hydrogens is 392 g/mol. The molecule has 0 aliphatic heterocycles. The number of methoxy groups -OCH3 is 2. The Morgan fingerprint density at radius 1 is 0.917 bits per heavy atom. The lowest BCUT2D eigenvalue weighted by atomic mass is 10.2. The molecule has 0 N–H and O–H groups in total. The number of benzene rings is 1. The summed E-state index contributed by atoms with van der Waals surface area (Å²) in [5.41, 5.74) is 1.05. The summed E-state index contributed by atoms with van der Waals surface area (Å²) in [6, 6.07) is 7.33. The summed E-state index contributed by atoms with van der Waals surface area (Å²) in [7, 11) is 1.54. The maximum absolute atomic E-state index is 6.36. The molecule has 0 radical (unpaired) electrons. The van der Waals surface area contributed by atoms with E-state index >= 15 is 0 Å². The average Bonchev–Trinajstić information content (AvgIpc) is 2.60. The van der Waals surface area contributed by atoms with E-state index in [1.807, 2.05) is 12.1 Å². The second kappa shape index (κ2) is 11.1. The van der Waals surface area contributed by atoms with Crippen LogP contribution < -0.4 is 9.47 Å². The van der Waals surface area contributed by atoms with Gasteiger partial charge in [-0.15, -0.1) is 0 Å². The minimum Gasteiger partial charge on any atom is -0.464 e. The van der Waals surface area contributed by atoms with Gasteiger partial charge >= 0.3 is 0 Å². The van der Waals surface area contributed by atoms with Crippen LogP contribution in [0.5, 0.6) is 11.5 Å². The molecule has 0 aromatic heterocycles. The third kappa shape index (κ3) is 6.04. The predicted molar refractivity (Wildman–Crippen MR) is 101 cm³/mol. The van der Waals surface area contributed by atoms with Crippen molar-refractivity contribution in [1.29, 1.82) is 0 Å². The van der Waals surface area contributed by atoms with E-state index in [1.165, 1.54) is 0 Å². The quantitative estimate of drug-likeness (QED) is 0.354. The van der Waals surface area contributed by atoms with Gasteiger partial charge in [-0.25, -0.2) is 0 Å². The Balaban J connectivity index is 2.97. The highest BCUT2D eigenvalue weighted by atomic mass is 79.9. The van der Waals surface area contributed by atoms with Crippen molar-refractivity contribution < 1.29 is 23.4 Å². The van der Waals surface area contributed by atoms with Gasteiger partial charge in [0.15, 0.2) is 33.4 Å². The smallest absolute Gasteiger partial charge is 0.192 e. The van der Waals surface area contributed by atoms with Gasteiger partial charge in [0.05, 0.1) is 11.1 Å². The fraction of sp³-hybridized carbons (Fsp3) is 0.647. The summed E-state index contributed by atoms with van der Waals surface area (Å²) in [6.45, 7) is 7.55. The molecular formula is C17H29BrO5Si. The molecule has 24 heavy (non-hydrogen) atoms. The van der Waals surface area contributed by atoms with Gasteiger partial charge in [0.2, 0.25) is 0 Å². The molecule has 0 amide bonds. The van der Waals surface area contributed by atoms with Gasteiger partial charge < -0.3 is 23.4 Å². The van der Waals surface area contributed by atoms with Gasteiger partial charge in [-0.05, 0) is 51.8 Å². The second-order valence-electron chi connectivity index (χ2n) is 5.54. The van der Waals surface area contributed by atoms with E-state index in [1.54, 1.807) is 14.2 Å². The van der Waals surface area contributed by atoms with Crippen LogP contribution in [-0.2, 0) is 20.5 Å². The molecule has 0 spiro atoms. The normalized spacial score (nSPS) is 11.6. The Hall–Kier alpha value is -0.603. The number of halogens is 1. The average molecular weight is 421 g/mol. The van der Waals surface area contributed by atoms with Crippen LogP contribution >= 0.6 is 15.9 Å². The predicted octanol–water partition coefficient (Wildman–Crippen LogP) is 4.94. The second-order valence-corrected chi connectivity index (χ2v) is 11.2. The molecule has 0 aliphatic carbocycles. The molecule has 0 atom stereocenters.